The summed E-state index contributed by atoms with van der Waals surface area (Å²) in [4.78, 5) is 24.3. The minimum absolute atomic E-state index is 0.304. The van der Waals surface area contributed by atoms with E-state index in [1.807, 2.05) is 4.98 Å². The lowest BCUT2D eigenvalue weighted by atomic mass is 10.1. The minimum atomic E-state index is -1.07. The number of rotatable bonds is 3. The number of H-pyrrole nitrogens is 1. The summed E-state index contributed by atoms with van der Waals surface area (Å²) in [5.74, 6) is -1.06. The van der Waals surface area contributed by atoms with Crippen LogP contribution in [0.4, 0.5) is 4.39 Å². The highest BCUT2D eigenvalue weighted by atomic mass is 32.2. The fourth-order valence-electron chi connectivity index (χ4n) is 1.61. The number of nitrogens with one attached hydrogen (secondary N) is 1. The zero-order valence-corrected chi connectivity index (χ0v) is 9.98. The maximum absolute atomic E-state index is 13.1. The van der Waals surface area contributed by atoms with Gasteiger partial charge in [0.1, 0.15) is 5.37 Å². The van der Waals surface area contributed by atoms with Gasteiger partial charge in [0.25, 0.3) is 5.56 Å². The van der Waals surface area contributed by atoms with E-state index in [4.69, 9.17) is 0 Å². The molecule has 0 bridgehead atoms. The van der Waals surface area contributed by atoms with Gasteiger partial charge >= 0.3 is 5.69 Å². The van der Waals surface area contributed by atoms with Crippen LogP contribution in [-0.4, -0.2) is 37.7 Å². The van der Waals surface area contributed by atoms with Crippen molar-refractivity contribution in [3.63, 3.8) is 0 Å². The summed E-state index contributed by atoms with van der Waals surface area (Å²) in [5, 5.41) is 17.8. The molecule has 1 aliphatic rings. The van der Waals surface area contributed by atoms with Crippen LogP contribution >= 0.6 is 11.8 Å². The first kappa shape index (κ1) is 13.1. The van der Waals surface area contributed by atoms with Crippen molar-refractivity contribution in [3.05, 3.63) is 45.0 Å². The number of halogens is 1. The first-order valence-electron chi connectivity index (χ1n) is 5.11. The van der Waals surface area contributed by atoms with Crippen molar-refractivity contribution in [1.82, 2.24) is 9.55 Å². The second kappa shape index (κ2) is 4.71. The highest BCUT2D eigenvalue weighted by Gasteiger charge is 2.35. The molecular formula is C10H11FN2O4S. The van der Waals surface area contributed by atoms with Gasteiger partial charge in [0.2, 0.25) is 5.82 Å². The van der Waals surface area contributed by atoms with Crippen LogP contribution in [0.5, 0.6) is 0 Å². The maximum atomic E-state index is 13.1. The molecule has 0 saturated heterocycles. The standard InChI is InChI=1S/C10H11FN2O4S/c11-6-3-13(9(17)12-8(6)16)7-1-2-10(4-14,5-15)18-7/h1-3,7,14-15H,4-5H2,(H,12,16,17)/t7-/m1/s1. The topological polar surface area (TPSA) is 95.3 Å². The molecule has 2 rings (SSSR count). The van der Waals surface area contributed by atoms with Gasteiger partial charge in [0.15, 0.2) is 0 Å². The summed E-state index contributed by atoms with van der Waals surface area (Å²) in [6.45, 7) is -0.608. The average molecular weight is 274 g/mol. The van der Waals surface area contributed by atoms with E-state index in [2.05, 4.69) is 0 Å². The van der Waals surface area contributed by atoms with Gasteiger partial charge in [-0.05, 0) is 0 Å². The molecule has 0 radical (unpaired) electrons. The number of aliphatic hydroxyl groups excluding tert-OH is 2. The van der Waals surface area contributed by atoms with Crippen molar-refractivity contribution >= 4 is 11.8 Å². The molecule has 2 heterocycles. The number of aromatic amines is 1. The van der Waals surface area contributed by atoms with Crippen LogP contribution in [0.2, 0.25) is 0 Å². The SMILES string of the molecule is O=c1[nH]c(=O)n([C@H]2C=CC(CO)(CO)S2)cc1F. The molecule has 0 unspecified atom stereocenters. The molecule has 0 amide bonds. The van der Waals surface area contributed by atoms with E-state index in [0.717, 1.165) is 22.5 Å². The Balaban J connectivity index is 2.37. The van der Waals surface area contributed by atoms with E-state index in [9.17, 15) is 24.2 Å². The van der Waals surface area contributed by atoms with Crippen LogP contribution in [0.25, 0.3) is 0 Å². The summed E-state index contributed by atoms with van der Waals surface area (Å²) in [7, 11) is 0. The van der Waals surface area contributed by atoms with Crippen LogP contribution in [-0.2, 0) is 0 Å². The van der Waals surface area contributed by atoms with Crippen molar-refractivity contribution in [3.8, 4) is 0 Å². The third kappa shape index (κ3) is 2.14. The molecule has 3 N–H and O–H groups in total. The first-order valence-corrected chi connectivity index (χ1v) is 5.99. The lowest BCUT2D eigenvalue weighted by Crippen LogP contribution is -2.34. The molecular weight excluding hydrogens is 263 g/mol. The van der Waals surface area contributed by atoms with Gasteiger partial charge < -0.3 is 10.2 Å². The molecule has 0 saturated carbocycles. The second-order valence-corrected chi connectivity index (χ2v) is 5.42. The number of nitrogens with zero attached hydrogens (tertiary/aromatic N) is 1. The Hall–Kier alpha value is -1.38. The third-order valence-electron chi connectivity index (χ3n) is 2.65. The van der Waals surface area contributed by atoms with E-state index < -0.39 is 27.2 Å². The lowest BCUT2D eigenvalue weighted by molar-refractivity contribution is 0.197. The average Bonchev–Trinajstić information content (AvgIpc) is 2.79. The number of thioether (sulfide) groups is 1. The summed E-state index contributed by atoms with van der Waals surface area (Å²) in [6.07, 6.45) is 3.95. The van der Waals surface area contributed by atoms with Crippen molar-refractivity contribution in [2.45, 2.75) is 10.1 Å². The number of aromatic nitrogens is 2. The van der Waals surface area contributed by atoms with Crippen LogP contribution in [0, 0.1) is 5.82 Å². The monoisotopic (exact) mass is 274 g/mol. The van der Waals surface area contributed by atoms with Crippen LogP contribution < -0.4 is 11.2 Å². The third-order valence-corrected chi connectivity index (χ3v) is 4.14. The van der Waals surface area contributed by atoms with Gasteiger partial charge in [-0.15, -0.1) is 11.8 Å². The molecule has 1 aliphatic heterocycles. The fourth-order valence-corrected chi connectivity index (χ4v) is 2.82. The Bertz CT molecular complexity index is 590. The molecule has 0 fully saturated rings. The highest BCUT2D eigenvalue weighted by Crippen LogP contribution is 2.42. The first-order chi connectivity index (χ1) is 8.51. The van der Waals surface area contributed by atoms with Crippen molar-refractivity contribution in [2.24, 2.45) is 0 Å². The molecule has 1 aromatic heterocycles. The summed E-state index contributed by atoms with van der Waals surface area (Å²) < 4.78 is 13.2. The highest BCUT2D eigenvalue weighted by molar-refractivity contribution is 8.01. The van der Waals surface area contributed by atoms with E-state index in [0.29, 0.717) is 0 Å². The minimum Gasteiger partial charge on any atom is -0.395 e. The summed E-state index contributed by atoms with van der Waals surface area (Å²) in [5.41, 5.74) is -1.81. The van der Waals surface area contributed by atoms with Gasteiger partial charge in [-0.25, -0.2) is 4.79 Å². The summed E-state index contributed by atoms with van der Waals surface area (Å²) >= 11 is 1.10. The lowest BCUT2D eigenvalue weighted by Gasteiger charge is -2.23. The van der Waals surface area contributed by atoms with Crippen molar-refractivity contribution in [1.29, 1.82) is 0 Å². The summed E-state index contributed by atoms with van der Waals surface area (Å²) in [6, 6.07) is 0. The van der Waals surface area contributed by atoms with Crippen molar-refractivity contribution in [2.75, 3.05) is 13.2 Å². The number of hydrogen-bond donors (Lipinski definition) is 3. The molecule has 6 nitrogen and oxygen atoms in total. The van der Waals surface area contributed by atoms with Crippen LogP contribution in [0.3, 0.4) is 0 Å². The zero-order valence-electron chi connectivity index (χ0n) is 9.17. The molecule has 0 aromatic carbocycles. The second-order valence-electron chi connectivity index (χ2n) is 3.89. The maximum Gasteiger partial charge on any atom is 0.329 e. The largest absolute Gasteiger partial charge is 0.395 e. The Kier molecular flexibility index (Phi) is 3.42. The predicted molar refractivity (Wildman–Crippen MR) is 64.0 cm³/mol. The Morgan fingerprint density at radius 1 is 1.44 bits per heavy atom. The van der Waals surface area contributed by atoms with Gasteiger partial charge in [0, 0.05) is 0 Å². The Morgan fingerprint density at radius 2 is 2.11 bits per heavy atom. The normalized spacial score (nSPS) is 21.4. The number of hydrogen-bond acceptors (Lipinski definition) is 5. The molecule has 18 heavy (non-hydrogen) atoms. The molecule has 1 atom stereocenters. The Labute approximate surface area is 105 Å². The molecule has 8 heteroatoms. The van der Waals surface area contributed by atoms with Gasteiger partial charge in [-0.2, -0.15) is 4.39 Å². The molecule has 0 spiro atoms. The van der Waals surface area contributed by atoms with Gasteiger partial charge in [-0.1, -0.05) is 12.2 Å². The quantitative estimate of drug-likeness (QED) is 0.627. The van der Waals surface area contributed by atoms with E-state index >= 15 is 0 Å². The van der Waals surface area contributed by atoms with Gasteiger partial charge in [-0.3, -0.25) is 14.3 Å². The molecule has 0 aliphatic carbocycles. The van der Waals surface area contributed by atoms with E-state index in [1.165, 1.54) is 0 Å². The Morgan fingerprint density at radius 3 is 2.67 bits per heavy atom. The molecule has 1 aromatic rings. The van der Waals surface area contributed by atoms with Gasteiger partial charge in [0.05, 0.1) is 24.2 Å². The van der Waals surface area contributed by atoms with Crippen LogP contribution in [0.1, 0.15) is 5.37 Å². The predicted octanol–water partition coefficient (Wildman–Crippen LogP) is -0.799. The van der Waals surface area contributed by atoms with E-state index in [-0.39, 0.29) is 13.2 Å². The number of aliphatic hydroxyl groups is 2. The van der Waals surface area contributed by atoms with Crippen LogP contribution in [0.15, 0.2) is 27.9 Å². The smallest absolute Gasteiger partial charge is 0.329 e. The van der Waals surface area contributed by atoms with E-state index in [1.54, 1.807) is 12.2 Å². The fraction of sp³-hybridized carbons (Fsp3) is 0.400. The van der Waals surface area contributed by atoms with Crippen molar-refractivity contribution < 1.29 is 14.6 Å². The zero-order chi connectivity index (χ0) is 13.3. The molecule has 98 valence electrons.